The Morgan fingerprint density at radius 2 is 1.72 bits per heavy atom. The SMILES string of the molecule is Cc1cc(C(=O)N2CCC(C)(O)CC2)cc(C)c1/C=C/SN1CCC2(CC1)N=C(c1cccc(CC(F)(F)F)c1)NC2=O. The first kappa shape index (κ1) is 31.3. The Morgan fingerprint density at radius 1 is 1.07 bits per heavy atom. The van der Waals surface area contributed by atoms with E-state index in [1.54, 1.807) is 24.1 Å². The summed E-state index contributed by atoms with van der Waals surface area (Å²) in [6.45, 7) is 8.14. The molecule has 3 aliphatic heterocycles. The smallest absolute Gasteiger partial charge is 0.390 e. The summed E-state index contributed by atoms with van der Waals surface area (Å²) in [5.41, 5.74) is 2.71. The van der Waals surface area contributed by atoms with Gasteiger partial charge < -0.3 is 15.3 Å². The summed E-state index contributed by atoms with van der Waals surface area (Å²) in [6.07, 6.45) is -1.14. The maximum Gasteiger partial charge on any atom is 0.393 e. The van der Waals surface area contributed by atoms with E-state index in [2.05, 4.69) is 9.62 Å². The molecule has 0 saturated carbocycles. The minimum Gasteiger partial charge on any atom is -0.390 e. The number of alkyl halides is 3. The lowest BCUT2D eigenvalue weighted by Crippen LogP contribution is -2.47. The fourth-order valence-electron chi connectivity index (χ4n) is 5.93. The van der Waals surface area contributed by atoms with Gasteiger partial charge in [-0.25, -0.2) is 4.31 Å². The molecule has 0 aromatic heterocycles. The molecule has 0 radical (unpaired) electrons. The Labute approximate surface area is 254 Å². The molecule has 2 N–H and O–H groups in total. The van der Waals surface area contributed by atoms with Gasteiger partial charge in [0.05, 0.1) is 12.0 Å². The minimum atomic E-state index is -4.31. The highest BCUT2D eigenvalue weighted by molar-refractivity contribution is 8.00. The second-order valence-corrected chi connectivity index (χ2v) is 13.1. The number of carbonyl (C=O) groups is 2. The fraction of sp³-hybridized carbons (Fsp3) is 0.469. The van der Waals surface area contributed by atoms with E-state index >= 15 is 0 Å². The van der Waals surface area contributed by atoms with E-state index < -0.39 is 23.7 Å². The van der Waals surface area contributed by atoms with Crippen LogP contribution < -0.4 is 5.32 Å². The molecule has 3 heterocycles. The van der Waals surface area contributed by atoms with Gasteiger partial charge >= 0.3 is 6.18 Å². The van der Waals surface area contributed by atoms with Gasteiger partial charge in [-0.05, 0) is 98.4 Å². The van der Waals surface area contributed by atoms with Crippen molar-refractivity contribution in [3.63, 3.8) is 0 Å². The first-order valence-corrected chi connectivity index (χ1v) is 15.4. The maximum absolute atomic E-state index is 13.1. The molecule has 5 rings (SSSR count). The number of likely N-dealkylation sites (tertiary alicyclic amines) is 1. The Morgan fingerprint density at radius 3 is 2.35 bits per heavy atom. The van der Waals surface area contributed by atoms with Crippen LogP contribution >= 0.6 is 11.9 Å². The van der Waals surface area contributed by atoms with Crippen molar-refractivity contribution >= 4 is 35.7 Å². The number of benzene rings is 2. The Hall–Kier alpha value is -3.15. The second-order valence-electron chi connectivity index (χ2n) is 12.1. The largest absolute Gasteiger partial charge is 0.393 e. The predicted octanol–water partition coefficient (Wildman–Crippen LogP) is 5.43. The number of nitrogens with one attached hydrogen (secondary N) is 1. The van der Waals surface area contributed by atoms with Crippen LogP contribution in [0.15, 0.2) is 46.8 Å². The number of amidine groups is 1. The van der Waals surface area contributed by atoms with Gasteiger partial charge in [-0.2, -0.15) is 13.2 Å². The molecule has 0 bridgehead atoms. The lowest BCUT2D eigenvalue weighted by Gasteiger charge is -2.36. The summed E-state index contributed by atoms with van der Waals surface area (Å²) in [6, 6.07) is 9.92. The standard InChI is InChI=1S/C32H37F3N4O3S/c1-21-17-25(28(40)38-12-8-30(3,42)9-13-38)18-22(2)26(21)7-16-43-39-14-10-31(11-15-39)29(41)36-27(37-31)24-6-4-5-23(19-24)20-32(33,34)35/h4-7,16-19,42H,8-15,20H2,1-3H3,(H,36,37,41)/b16-7+. The van der Waals surface area contributed by atoms with E-state index in [1.165, 1.54) is 12.1 Å². The molecule has 0 aliphatic carbocycles. The molecule has 11 heteroatoms. The van der Waals surface area contributed by atoms with Crippen LogP contribution in [0.2, 0.25) is 0 Å². The summed E-state index contributed by atoms with van der Waals surface area (Å²) < 4.78 is 40.7. The molecule has 7 nitrogen and oxygen atoms in total. The van der Waals surface area contributed by atoms with Gasteiger partial charge in [-0.1, -0.05) is 30.1 Å². The van der Waals surface area contributed by atoms with E-state index in [9.17, 15) is 27.9 Å². The van der Waals surface area contributed by atoms with Crippen LogP contribution in [0, 0.1) is 13.8 Å². The quantitative estimate of drug-likeness (QED) is 0.425. The lowest BCUT2D eigenvalue weighted by atomic mass is 9.89. The summed E-state index contributed by atoms with van der Waals surface area (Å²) in [5.74, 6) is 0.111. The fourth-order valence-corrected chi connectivity index (χ4v) is 6.70. The van der Waals surface area contributed by atoms with Gasteiger partial charge in [0.1, 0.15) is 11.4 Å². The number of amides is 2. The normalized spacial score (nSPS) is 20.5. The van der Waals surface area contributed by atoms with Crippen LogP contribution in [0.4, 0.5) is 13.2 Å². The summed E-state index contributed by atoms with van der Waals surface area (Å²) in [5, 5.41) is 15.0. The van der Waals surface area contributed by atoms with Crippen molar-refractivity contribution in [1.82, 2.24) is 14.5 Å². The average Bonchev–Trinajstić information content (AvgIpc) is 3.25. The number of carbonyl (C=O) groups excluding carboxylic acids is 2. The molecular weight excluding hydrogens is 577 g/mol. The third-order valence-corrected chi connectivity index (χ3v) is 9.47. The van der Waals surface area contributed by atoms with Gasteiger partial charge in [-0.3, -0.25) is 14.6 Å². The van der Waals surface area contributed by atoms with Crippen molar-refractivity contribution < 1.29 is 27.9 Å². The van der Waals surface area contributed by atoms with E-state index in [4.69, 9.17) is 4.99 Å². The number of piperidine rings is 2. The number of rotatable bonds is 6. The van der Waals surface area contributed by atoms with Gasteiger partial charge in [0, 0.05) is 37.3 Å². The number of nitrogens with zero attached hydrogens (tertiary/aromatic N) is 3. The molecule has 230 valence electrons. The van der Waals surface area contributed by atoms with Gasteiger partial charge in [0.25, 0.3) is 11.8 Å². The predicted molar refractivity (Wildman–Crippen MR) is 163 cm³/mol. The zero-order valence-corrected chi connectivity index (χ0v) is 25.4. The van der Waals surface area contributed by atoms with Crippen molar-refractivity contribution in [2.75, 3.05) is 26.2 Å². The number of aliphatic imine (C=N–C) groups is 1. The number of halogens is 3. The molecule has 2 aromatic rings. The van der Waals surface area contributed by atoms with Crippen LogP contribution in [-0.4, -0.2) is 75.5 Å². The minimum absolute atomic E-state index is 0.00960. The number of aryl methyl sites for hydroxylation is 2. The van der Waals surface area contributed by atoms with Crippen LogP contribution in [0.3, 0.4) is 0 Å². The first-order chi connectivity index (χ1) is 20.2. The molecule has 2 fully saturated rings. The first-order valence-electron chi connectivity index (χ1n) is 14.5. The number of aliphatic hydroxyl groups is 1. The molecule has 2 aromatic carbocycles. The molecule has 2 saturated heterocycles. The third-order valence-electron chi connectivity index (χ3n) is 8.55. The topological polar surface area (TPSA) is 85.2 Å². The van der Waals surface area contributed by atoms with Gasteiger partial charge in [0.15, 0.2) is 0 Å². The van der Waals surface area contributed by atoms with E-state index in [0.29, 0.717) is 68.8 Å². The monoisotopic (exact) mass is 614 g/mol. The molecule has 2 amide bonds. The maximum atomic E-state index is 13.1. The second kappa shape index (κ2) is 12.1. The van der Waals surface area contributed by atoms with Crippen LogP contribution in [-0.2, 0) is 11.2 Å². The van der Waals surface area contributed by atoms with E-state index in [0.717, 1.165) is 16.7 Å². The Balaban J connectivity index is 1.18. The molecule has 1 spiro atoms. The van der Waals surface area contributed by atoms with E-state index in [1.807, 2.05) is 49.3 Å². The zero-order valence-electron chi connectivity index (χ0n) is 24.6. The van der Waals surface area contributed by atoms with Gasteiger partial charge in [0.2, 0.25) is 0 Å². The van der Waals surface area contributed by atoms with Crippen LogP contribution in [0.25, 0.3) is 6.08 Å². The van der Waals surface area contributed by atoms with Crippen molar-refractivity contribution in [2.24, 2.45) is 4.99 Å². The lowest BCUT2D eigenvalue weighted by molar-refractivity contribution is -0.127. The zero-order chi connectivity index (χ0) is 31.0. The number of hydrogen-bond acceptors (Lipinski definition) is 6. The summed E-state index contributed by atoms with van der Waals surface area (Å²) in [7, 11) is 0. The third kappa shape index (κ3) is 7.33. The van der Waals surface area contributed by atoms with Crippen LogP contribution in [0.1, 0.15) is 70.8 Å². The number of hydrogen-bond donors (Lipinski definition) is 2. The highest BCUT2D eigenvalue weighted by Gasteiger charge is 2.46. The Kier molecular flexibility index (Phi) is 8.79. The van der Waals surface area contributed by atoms with Crippen molar-refractivity contribution in [3.8, 4) is 0 Å². The molecule has 0 atom stereocenters. The van der Waals surface area contributed by atoms with Crippen molar-refractivity contribution in [3.05, 3.63) is 75.2 Å². The van der Waals surface area contributed by atoms with Crippen molar-refractivity contribution in [1.29, 1.82) is 0 Å². The highest BCUT2D eigenvalue weighted by atomic mass is 32.2. The highest BCUT2D eigenvalue weighted by Crippen LogP contribution is 2.34. The molecular formula is C32H37F3N4O3S. The average molecular weight is 615 g/mol. The molecule has 43 heavy (non-hydrogen) atoms. The van der Waals surface area contributed by atoms with E-state index in [-0.39, 0.29) is 17.4 Å². The molecule has 0 unspecified atom stereocenters. The summed E-state index contributed by atoms with van der Waals surface area (Å²) >= 11 is 1.56. The van der Waals surface area contributed by atoms with Crippen LogP contribution in [0.5, 0.6) is 0 Å². The summed E-state index contributed by atoms with van der Waals surface area (Å²) in [4.78, 5) is 32.5. The van der Waals surface area contributed by atoms with Gasteiger partial charge in [-0.15, -0.1) is 0 Å². The Bertz CT molecular complexity index is 1430. The van der Waals surface area contributed by atoms with Crippen molar-refractivity contribution in [2.45, 2.75) is 70.2 Å². The molecule has 3 aliphatic rings.